The highest BCUT2D eigenvalue weighted by Gasteiger charge is 2.28. The average molecular weight is 215 g/mol. The molecule has 84 valence electrons. The standard InChI is InChI=1S/C9H13NO5/c1-10-4-2-6(3-5-10)8(13)15-9(14)7(11)12/h6H,2-5H2,1H3,(H,11,12). The topological polar surface area (TPSA) is 83.9 Å². The molecule has 1 aliphatic rings. The van der Waals surface area contributed by atoms with Crippen molar-refractivity contribution in [2.45, 2.75) is 12.8 Å². The van der Waals surface area contributed by atoms with E-state index >= 15 is 0 Å². The second-order valence-corrected chi connectivity index (χ2v) is 3.59. The number of likely N-dealkylation sites (tertiary alicyclic amines) is 1. The summed E-state index contributed by atoms with van der Waals surface area (Å²) in [7, 11) is 1.93. The van der Waals surface area contributed by atoms with Gasteiger partial charge in [-0.1, -0.05) is 0 Å². The fourth-order valence-corrected chi connectivity index (χ4v) is 1.46. The zero-order chi connectivity index (χ0) is 11.4. The van der Waals surface area contributed by atoms with Crippen molar-refractivity contribution in [3.05, 3.63) is 0 Å². The van der Waals surface area contributed by atoms with Gasteiger partial charge in [0.2, 0.25) is 0 Å². The third kappa shape index (κ3) is 3.32. The van der Waals surface area contributed by atoms with Crippen LogP contribution in [-0.2, 0) is 19.1 Å². The number of esters is 2. The average Bonchev–Trinajstić information content (AvgIpc) is 2.18. The SMILES string of the molecule is CN1CCC(C(=O)OC(=O)C(=O)O)CC1. The summed E-state index contributed by atoms with van der Waals surface area (Å²) < 4.78 is 4.19. The Hall–Kier alpha value is -1.43. The molecule has 0 amide bonds. The normalized spacial score (nSPS) is 18.5. The molecule has 0 spiro atoms. The highest BCUT2D eigenvalue weighted by Crippen LogP contribution is 2.17. The number of rotatable bonds is 1. The fourth-order valence-electron chi connectivity index (χ4n) is 1.46. The molecule has 0 bridgehead atoms. The molecule has 1 heterocycles. The molecule has 1 aliphatic heterocycles. The van der Waals surface area contributed by atoms with E-state index in [1.165, 1.54) is 0 Å². The number of aliphatic carboxylic acids is 1. The van der Waals surface area contributed by atoms with Crippen molar-refractivity contribution in [3.8, 4) is 0 Å². The van der Waals surface area contributed by atoms with Crippen LogP contribution in [0, 0.1) is 5.92 Å². The lowest BCUT2D eigenvalue weighted by Crippen LogP contribution is -2.35. The number of nitrogens with zero attached hydrogens (tertiary/aromatic N) is 1. The molecule has 1 saturated heterocycles. The molecule has 15 heavy (non-hydrogen) atoms. The predicted octanol–water partition coefficient (Wildman–Crippen LogP) is -0.517. The van der Waals surface area contributed by atoms with E-state index in [0.717, 1.165) is 13.1 Å². The molecular weight excluding hydrogens is 202 g/mol. The molecule has 0 aromatic heterocycles. The van der Waals surface area contributed by atoms with Gasteiger partial charge in [-0.15, -0.1) is 0 Å². The summed E-state index contributed by atoms with van der Waals surface area (Å²) in [6, 6.07) is 0. The molecule has 6 nitrogen and oxygen atoms in total. The number of carbonyl (C=O) groups is 3. The zero-order valence-electron chi connectivity index (χ0n) is 8.43. The summed E-state index contributed by atoms with van der Waals surface area (Å²) >= 11 is 0. The Morgan fingerprint density at radius 2 is 1.80 bits per heavy atom. The van der Waals surface area contributed by atoms with Gasteiger partial charge in [0.05, 0.1) is 5.92 Å². The van der Waals surface area contributed by atoms with Gasteiger partial charge in [0.25, 0.3) is 0 Å². The summed E-state index contributed by atoms with van der Waals surface area (Å²) in [6.45, 7) is 1.50. The van der Waals surface area contributed by atoms with E-state index in [4.69, 9.17) is 5.11 Å². The minimum absolute atomic E-state index is 0.357. The molecule has 1 rings (SSSR count). The van der Waals surface area contributed by atoms with Crippen molar-refractivity contribution < 1.29 is 24.2 Å². The quantitative estimate of drug-likeness (QED) is 0.360. The molecule has 1 N–H and O–H groups in total. The van der Waals surface area contributed by atoms with E-state index in [1.807, 2.05) is 7.05 Å². The van der Waals surface area contributed by atoms with Crippen LogP contribution in [0.4, 0.5) is 0 Å². The van der Waals surface area contributed by atoms with Crippen molar-refractivity contribution in [2.24, 2.45) is 5.92 Å². The van der Waals surface area contributed by atoms with Crippen LogP contribution >= 0.6 is 0 Å². The first-order chi connectivity index (χ1) is 7.00. The minimum atomic E-state index is -1.74. The first kappa shape index (κ1) is 11.6. The number of piperidine rings is 1. The first-order valence-corrected chi connectivity index (χ1v) is 4.68. The van der Waals surface area contributed by atoms with Crippen molar-refractivity contribution in [3.63, 3.8) is 0 Å². The van der Waals surface area contributed by atoms with Crippen molar-refractivity contribution in [1.29, 1.82) is 0 Å². The number of carbonyl (C=O) groups excluding carboxylic acids is 2. The van der Waals surface area contributed by atoms with Crippen LogP contribution in [0.3, 0.4) is 0 Å². The molecule has 0 aliphatic carbocycles. The number of hydrogen-bond donors (Lipinski definition) is 1. The maximum absolute atomic E-state index is 11.3. The Labute approximate surface area is 86.8 Å². The highest BCUT2D eigenvalue weighted by molar-refractivity contribution is 6.30. The second-order valence-electron chi connectivity index (χ2n) is 3.59. The second kappa shape index (κ2) is 4.88. The van der Waals surface area contributed by atoms with Gasteiger partial charge in [-0.2, -0.15) is 0 Å². The van der Waals surface area contributed by atoms with Gasteiger partial charge in [-0.25, -0.2) is 9.59 Å². The summed E-state index contributed by atoms with van der Waals surface area (Å²) in [4.78, 5) is 34.1. The van der Waals surface area contributed by atoms with Gasteiger partial charge in [0, 0.05) is 0 Å². The summed E-state index contributed by atoms with van der Waals surface area (Å²) in [6.07, 6.45) is 1.20. The van der Waals surface area contributed by atoms with Gasteiger partial charge >= 0.3 is 17.9 Å². The molecule has 0 atom stereocenters. The van der Waals surface area contributed by atoms with Crippen molar-refractivity contribution in [2.75, 3.05) is 20.1 Å². The van der Waals surface area contributed by atoms with Crippen LogP contribution in [-0.4, -0.2) is 48.1 Å². The molecule has 0 saturated carbocycles. The lowest BCUT2D eigenvalue weighted by molar-refractivity contribution is -0.173. The fraction of sp³-hybridized carbons (Fsp3) is 0.667. The van der Waals surface area contributed by atoms with Crippen LogP contribution in [0.5, 0.6) is 0 Å². The Bertz CT molecular complexity index is 280. The Morgan fingerprint density at radius 1 is 1.27 bits per heavy atom. The third-order valence-electron chi connectivity index (χ3n) is 2.42. The smallest absolute Gasteiger partial charge is 0.424 e. The van der Waals surface area contributed by atoms with E-state index in [9.17, 15) is 14.4 Å². The molecule has 0 aromatic rings. The maximum Gasteiger partial charge on any atom is 0.424 e. The Balaban J connectivity index is 2.41. The van der Waals surface area contributed by atoms with Crippen molar-refractivity contribution in [1.82, 2.24) is 4.90 Å². The summed E-state index contributed by atoms with van der Waals surface area (Å²) in [5.41, 5.74) is 0. The van der Waals surface area contributed by atoms with Crippen LogP contribution in [0.1, 0.15) is 12.8 Å². The molecule has 0 radical (unpaired) electrons. The lowest BCUT2D eigenvalue weighted by Gasteiger charge is -2.26. The molecule has 1 fully saturated rings. The number of hydrogen-bond acceptors (Lipinski definition) is 5. The molecule has 0 unspecified atom stereocenters. The largest absolute Gasteiger partial charge is 0.473 e. The van der Waals surface area contributed by atoms with E-state index in [2.05, 4.69) is 9.64 Å². The van der Waals surface area contributed by atoms with E-state index in [-0.39, 0.29) is 5.92 Å². The lowest BCUT2D eigenvalue weighted by atomic mass is 9.97. The van der Waals surface area contributed by atoms with Gasteiger partial charge in [0.1, 0.15) is 0 Å². The number of carboxylic acids is 1. The van der Waals surface area contributed by atoms with Gasteiger partial charge in [-0.3, -0.25) is 4.79 Å². The zero-order valence-corrected chi connectivity index (χ0v) is 8.43. The van der Waals surface area contributed by atoms with E-state index in [1.54, 1.807) is 0 Å². The minimum Gasteiger partial charge on any atom is -0.473 e. The monoisotopic (exact) mass is 215 g/mol. The number of ether oxygens (including phenoxy) is 1. The highest BCUT2D eigenvalue weighted by atomic mass is 16.6. The van der Waals surface area contributed by atoms with E-state index < -0.39 is 17.9 Å². The van der Waals surface area contributed by atoms with Gasteiger partial charge in [-0.05, 0) is 33.0 Å². The Morgan fingerprint density at radius 3 is 2.27 bits per heavy atom. The summed E-state index contributed by atoms with van der Waals surface area (Å²) in [5, 5.41) is 8.24. The van der Waals surface area contributed by atoms with Gasteiger partial charge in [0.15, 0.2) is 0 Å². The van der Waals surface area contributed by atoms with Crippen LogP contribution in [0.15, 0.2) is 0 Å². The van der Waals surface area contributed by atoms with Gasteiger partial charge < -0.3 is 14.7 Å². The predicted molar refractivity (Wildman–Crippen MR) is 49.0 cm³/mol. The molecule has 6 heteroatoms. The van der Waals surface area contributed by atoms with Crippen LogP contribution in [0.25, 0.3) is 0 Å². The summed E-state index contributed by atoms with van der Waals surface area (Å²) in [5.74, 6) is -4.32. The molecule has 0 aromatic carbocycles. The maximum atomic E-state index is 11.3. The first-order valence-electron chi connectivity index (χ1n) is 4.68. The third-order valence-corrected chi connectivity index (χ3v) is 2.42. The van der Waals surface area contributed by atoms with Crippen LogP contribution in [0.2, 0.25) is 0 Å². The van der Waals surface area contributed by atoms with E-state index in [0.29, 0.717) is 12.8 Å². The van der Waals surface area contributed by atoms with Crippen molar-refractivity contribution >= 4 is 17.9 Å². The van der Waals surface area contributed by atoms with Crippen LogP contribution < -0.4 is 0 Å². The number of carboxylic acid groups (broad SMARTS) is 1. The molecular formula is C9H13NO5. The Kier molecular flexibility index (Phi) is 3.79.